The minimum absolute atomic E-state index is 0.0264. The summed E-state index contributed by atoms with van der Waals surface area (Å²) in [6, 6.07) is 7.36. The Morgan fingerprint density at radius 1 is 1.35 bits per heavy atom. The highest BCUT2D eigenvalue weighted by Crippen LogP contribution is 2.31. The van der Waals surface area contributed by atoms with E-state index in [0.29, 0.717) is 26.1 Å². The molecule has 0 radical (unpaired) electrons. The van der Waals surface area contributed by atoms with Crippen LogP contribution in [0.3, 0.4) is 0 Å². The zero-order chi connectivity index (χ0) is 14.6. The Labute approximate surface area is 115 Å². The third-order valence-corrected chi connectivity index (χ3v) is 3.35. The van der Waals surface area contributed by atoms with E-state index >= 15 is 0 Å². The van der Waals surface area contributed by atoms with Gasteiger partial charge in [-0.3, -0.25) is 4.79 Å². The van der Waals surface area contributed by atoms with Crippen molar-refractivity contribution in [1.82, 2.24) is 0 Å². The second-order valence-corrected chi connectivity index (χ2v) is 4.56. The first-order valence-electron chi connectivity index (χ1n) is 6.11. The summed E-state index contributed by atoms with van der Waals surface area (Å²) in [6.45, 7) is 0.686. The normalized spacial score (nSPS) is 16.8. The van der Waals surface area contributed by atoms with Crippen molar-refractivity contribution in [2.24, 2.45) is 5.41 Å². The molecule has 0 spiro atoms. The largest absolute Gasteiger partial charge is 0.381 e. The smallest absolute Gasteiger partial charge is 0.245 e. The molecule has 0 atom stereocenters. The van der Waals surface area contributed by atoms with Crippen LogP contribution in [-0.4, -0.2) is 19.1 Å². The molecule has 2 rings (SSSR count). The first-order chi connectivity index (χ1) is 9.61. The number of carbonyl (C=O) groups excluding carboxylic acids is 1. The van der Waals surface area contributed by atoms with Gasteiger partial charge in [-0.15, -0.1) is 0 Å². The predicted octanol–water partition coefficient (Wildman–Crippen LogP) is 1.96. The van der Waals surface area contributed by atoms with E-state index in [-0.39, 0.29) is 11.3 Å². The minimum Gasteiger partial charge on any atom is -0.381 e. The monoisotopic (exact) mass is 273 g/mol. The number of nitrogens with zero attached hydrogens (tertiary/aromatic N) is 2. The molecule has 1 aliphatic heterocycles. The van der Waals surface area contributed by atoms with E-state index in [2.05, 4.69) is 5.32 Å². The molecule has 102 valence electrons. The first kappa shape index (κ1) is 14.0. The highest BCUT2D eigenvalue weighted by Gasteiger charge is 2.40. The predicted molar refractivity (Wildman–Crippen MR) is 67.8 cm³/mol. The van der Waals surface area contributed by atoms with Gasteiger partial charge in [-0.25, -0.2) is 4.39 Å². The number of hydrogen-bond acceptors (Lipinski definition) is 4. The van der Waals surface area contributed by atoms with Crippen molar-refractivity contribution in [2.45, 2.75) is 12.8 Å². The lowest BCUT2D eigenvalue weighted by Crippen LogP contribution is -2.40. The average molecular weight is 273 g/mol. The summed E-state index contributed by atoms with van der Waals surface area (Å²) in [5.41, 5.74) is -0.919. The van der Waals surface area contributed by atoms with Crippen molar-refractivity contribution < 1.29 is 13.9 Å². The van der Waals surface area contributed by atoms with E-state index in [9.17, 15) is 14.4 Å². The van der Waals surface area contributed by atoms with Gasteiger partial charge >= 0.3 is 0 Å². The molecule has 0 unspecified atom stereocenters. The first-order valence-corrected chi connectivity index (χ1v) is 6.11. The van der Waals surface area contributed by atoms with Crippen LogP contribution in [0.1, 0.15) is 18.4 Å². The SMILES string of the molecule is N#Cc1cc(F)ccc1NC(=O)C1(C#N)CCOCC1. The Kier molecular flexibility index (Phi) is 3.97. The summed E-state index contributed by atoms with van der Waals surface area (Å²) in [6.07, 6.45) is 0.608. The van der Waals surface area contributed by atoms with Crippen LogP contribution in [-0.2, 0) is 9.53 Å². The third kappa shape index (κ3) is 2.61. The zero-order valence-electron chi connectivity index (χ0n) is 10.6. The van der Waals surface area contributed by atoms with Gasteiger partial charge in [-0.1, -0.05) is 0 Å². The Bertz CT molecular complexity index is 610. The fourth-order valence-corrected chi connectivity index (χ4v) is 2.07. The molecule has 6 heteroatoms. The Hall–Kier alpha value is -2.44. The van der Waals surface area contributed by atoms with E-state index in [1.54, 1.807) is 0 Å². The number of ether oxygens (including phenoxy) is 1. The molecule has 0 saturated carbocycles. The van der Waals surface area contributed by atoms with Gasteiger partial charge in [0.2, 0.25) is 5.91 Å². The van der Waals surface area contributed by atoms with Crippen LogP contribution in [0.2, 0.25) is 0 Å². The van der Waals surface area contributed by atoms with Crippen molar-refractivity contribution >= 4 is 11.6 Å². The third-order valence-electron chi connectivity index (χ3n) is 3.35. The lowest BCUT2D eigenvalue weighted by molar-refractivity contribution is -0.126. The second-order valence-electron chi connectivity index (χ2n) is 4.56. The van der Waals surface area contributed by atoms with Crippen LogP contribution in [0.4, 0.5) is 10.1 Å². The maximum absolute atomic E-state index is 13.0. The van der Waals surface area contributed by atoms with Crippen molar-refractivity contribution in [1.29, 1.82) is 10.5 Å². The van der Waals surface area contributed by atoms with Gasteiger partial charge < -0.3 is 10.1 Å². The molecule has 0 bridgehead atoms. The summed E-state index contributed by atoms with van der Waals surface area (Å²) in [4.78, 5) is 12.3. The number of benzene rings is 1. The molecule has 1 amide bonds. The van der Waals surface area contributed by atoms with Gasteiger partial charge in [0, 0.05) is 13.2 Å². The van der Waals surface area contributed by atoms with Crippen molar-refractivity contribution in [2.75, 3.05) is 18.5 Å². The van der Waals surface area contributed by atoms with E-state index in [4.69, 9.17) is 10.00 Å². The lowest BCUT2D eigenvalue weighted by Gasteiger charge is -2.29. The van der Waals surface area contributed by atoms with E-state index < -0.39 is 17.1 Å². The molecule has 1 aliphatic rings. The molecular weight excluding hydrogens is 261 g/mol. The van der Waals surface area contributed by atoms with Crippen LogP contribution in [0.15, 0.2) is 18.2 Å². The van der Waals surface area contributed by atoms with Crippen molar-refractivity contribution in [3.63, 3.8) is 0 Å². The van der Waals surface area contributed by atoms with Crippen molar-refractivity contribution in [3.05, 3.63) is 29.6 Å². The highest BCUT2D eigenvalue weighted by atomic mass is 19.1. The quantitative estimate of drug-likeness (QED) is 0.892. The van der Waals surface area contributed by atoms with E-state index in [1.165, 1.54) is 6.07 Å². The Balaban J connectivity index is 2.24. The summed E-state index contributed by atoms with van der Waals surface area (Å²) in [7, 11) is 0. The van der Waals surface area contributed by atoms with Crippen LogP contribution < -0.4 is 5.32 Å². The molecule has 0 aliphatic carbocycles. The van der Waals surface area contributed by atoms with Gasteiger partial charge in [-0.05, 0) is 31.0 Å². The molecule has 1 saturated heterocycles. The Morgan fingerprint density at radius 2 is 2.05 bits per heavy atom. The highest BCUT2D eigenvalue weighted by molar-refractivity contribution is 5.98. The molecule has 20 heavy (non-hydrogen) atoms. The summed E-state index contributed by atoms with van der Waals surface area (Å²) in [5.74, 6) is -1.04. The molecule has 1 fully saturated rings. The molecule has 1 aromatic rings. The molecular formula is C14H12FN3O2. The van der Waals surface area contributed by atoms with Gasteiger partial charge in [0.25, 0.3) is 0 Å². The number of rotatable bonds is 2. The topological polar surface area (TPSA) is 85.9 Å². The fraction of sp³-hybridized carbons (Fsp3) is 0.357. The van der Waals surface area contributed by atoms with Gasteiger partial charge in [0.15, 0.2) is 0 Å². The number of anilines is 1. The number of carbonyl (C=O) groups is 1. The zero-order valence-corrected chi connectivity index (χ0v) is 10.6. The summed E-state index contributed by atoms with van der Waals surface area (Å²) in [5, 5.41) is 20.7. The molecule has 1 N–H and O–H groups in total. The average Bonchev–Trinajstić information content (AvgIpc) is 2.49. The van der Waals surface area contributed by atoms with Crippen molar-refractivity contribution in [3.8, 4) is 12.1 Å². The molecule has 5 nitrogen and oxygen atoms in total. The number of nitriles is 2. The minimum atomic E-state index is -1.15. The number of nitrogens with one attached hydrogen (secondary N) is 1. The van der Waals surface area contributed by atoms with Gasteiger partial charge in [0.05, 0.1) is 17.3 Å². The van der Waals surface area contributed by atoms with Crippen LogP contribution >= 0.6 is 0 Å². The lowest BCUT2D eigenvalue weighted by atomic mass is 9.81. The maximum Gasteiger partial charge on any atom is 0.245 e. The van der Waals surface area contributed by atoms with E-state index in [0.717, 1.165) is 12.1 Å². The van der Waals surface area contributed by atoms with Gasteiger partial charge in [0.1, 0.15) is 17.3 Å². The molecule has 0 aromatic heterocycles. The number of halogens is 1. The summed E-state index contributed by atoms with van der Waals surface area (Å²) >= 11 is 0. The molecule has 1 aromatic carbocycles. The standard InChI is InChI=1S/C14H12FN3O2/c15-11-1-2-12(10(7-11)8-16)18-13(19)14(9-17)3-5-20-6-4-14/h1-2,7H,3-6H2,(H,18,19). The number of hydrogen-bond donors (Lipinski definition) is 1. The molecule has 1 heterocycles. The van der Waals surface area contributed by atoms with Crippen LogP contribution in [0.25, 0.3) is 0 Å². The summed E-state index contributed by atoms with van der Waals surface area (Å²) < 4.78 is 18.2. The second kappa shape index (κ2) is 5.68. The van der Waals surface area contributed by atoms with Gasteiger partial charge in [-0.2, -0.15) is 10.5 Å². The van der Waals surface area contributed by atoms with Crippen LogP contribution in [0, 0.1) is 33.9 Å². The van der Waals surface area contributed by atoms with E-state index in [1.807, 2.05) is 12.1 Å². The number of amides is 1. The fourth-order valence-electron chi connectivity index (χ4n) is 2.07. The Morgan fingerprint density at radius 3 is 2.65 bits per heavy atom. The van der Waals surface area contributed by atoms with Crippen LogP contribution in [0.5, 0.6) is 0 Å². The maximum atomic E-state index is 13.0.